The molecule has 0 aromatic heterocycles. The number of carbonyl (C=O) groups excluding carboxylic acids is 1. The zero-order valence-electron chi connectivity index (χ0n) is 18.0. The van der Waals surface area contributed by atoms with E-state index in [1.807, 2.05) is 6.07 Å². The zero-order valence-corrected chi connectivity index (χ0v) is 22.5. The third kappa shape index (κ3) is 6.99. The second-order valence-electron chi connectivity index (χ2n) is 6.76. The number of hydrazone groups is 1. The maximum Gasteiger partial charge on any atom is 0.339 e. The van der Waals surface area contributed by atoms with Crippen LogP contribution in [0.2, 0.25) is 0 Å². The number of hydrogen-bond acceptors (Lipinski definition) is 8. The van der Waals surface area contributed by atoms with Crippen LogP contribution in [0.15, 0.2) is 75.1 Å². The predicted octanol–water partition coefficient (Wildman–Crippen LogP) is 4.89. The number of amides is 1. The van der Waals surface area contributed by atoms with E-state index in [-0.39, 0.29) is 33.2 Å². The van der Waals surface area contributed by atoms with E-state index in [0.717, 1.165) is 27.8 Å². The molecule has 0 heterocycles. The summed E-state index contributed by atoms with van der Waals surface area (Å²) in [7, 11) is -4.32. The molecule has 0 radical (unpaired) electrons. The van der Waals surface area contributed by atoms with Gasteiger partial charge in [-0.3, -0.25) is 14.9 Å². The summed E-state index contributed by atoms with van der Waals surface area (Å²) in [5, 5.41) is 14.8. The molecule has 182 valence electrons. The lowest BCUT2D eigenvalue weighted by atomic mass is 10.2. The van der Waals surface area contributed by atoms with E-state index >= 15 is 0 Å². The number of hydrogen-bond donors (Lipinski definition) is 1. The number of nitrogens with zero attached hydrogens (tertiary/aromatic N) is 2. The van der Waals surface area contributed by atoms with Crippen molar-refractivity contribution in [2.45, 2.75) is 11.8 Å². The van der Waals surface area contributed by atoms with Gasteiger partial charge < -0.3 is 8.92 Å². The van der Waals surface area contributed by atoms with Gasteiger partial charge in [-0.2, -0.15) is 13.5 Å². The molecule has 0 bridgehead atoms. The Morgan fingerprint density at radius 2 is 1.91 bits per heavy atom. The minimum Gasteiger partial charge on any atom is -0.490 e. The summed E-state index contributed by atoms with van der Waals surface area (Å²) in [4.78, 5) is 22.2. The fraction of sp³-hybridized carbons (Fsp3) is 0.0909. The number of benzene rings is 3. The molecule has 3 aromatic rings. The number of non-ortho nitro benzene ring substituents is 1. The van der Waals surface area contributed by atoms with Crippen LogP contribution in [0.3, 0.4) is 0 Å². The van der Waals surface area contributed by atoms with Gasteiger partial charge in [0.1, 0.15) is 4.90 Å². The smallest absolute Gasteiger partial charge is 0.339 e. The second kappa shape index (κ2) is 11.6. The van der Waals surface area contributed by atoms with E-state index in [2.05, 4.69) is 49.0 Å². The summed E-state index contributed by atoms with van der Waals surface area (Å²) in [5.41, 5.74) is 3.12. The Morgan fingerprint density at radius 3 is 2.54 bits per heavy atom. The molecule has 0 aliphatic heterocycles. The highest BCUT2D eigenvalue weighted by Crippen LogP contribution is 2.38. The van der Waals surface area contributed by atoms with Crippen molar-refractivity contribution in [1.29, 1.82) is 0 Å². The monoisotopic (exact) mass is 673 g/mol. The van der Waals surface area contributed by atoms with Crippen molar-refractivity contribution < 1.29 is 27.1 Å². The SMILES string of the molecule is CCOc1cc(/C=N\NC(=O)c2cccc(I)c2)cc(Br)c1OS(=O)(=O)c1ccc([N+](=O)[O-])cc1. The lowest BCUT2D eigenvalue weighted by Crippen LogP contribution is -2.17. The van der Waals surface area contributed by atoms with Crippen molar-refractivity contribution in [2.75, 3.05) is 6.61 Å². The molecule has 0 aliphatic rings. The predicted molar refractivity (Wildman–Crippen MR) is 140 cm³/mol. The third-order valence-electron chi connectivity index (χ3n) is 4.33. The van der Waals surface area contributed by atoms with Crippen molar-refractivity contribution in [3.05, 3.63) is 89.9 Å². The topological polar surface area (TPSA) is 137 Å². The summed E-state index contributed by atoms with van der Waals surface area (Å²) in [6.45, 7) is 1.93. The first kappa shape index (κ1) is 26.6. The molecule has 13 heteroatoms. The first-order valence-electron chi connectivity index (χ1n) is 9.85. The summed E-state index contributed by atoms with van der Waals surface area (Å²) in [6, 6.07) is 14.3. The van der Waals surface area contributed by atoms with Gasteiger partial charge >= 0.3 is 10.1 Å². The normalized spacial score (nSPS) is 11.3. The molecule has 1 N–H and O–H groups in total. The van der Waals surface area contributed by atoms with E-state index in [0.29, 0.717) is 11.1 Å². The van der Waals surface area contributed by atoms with Gasteiger partial charge in [-0.25, -0.2) is 5.43 Å². The number of ether oxygens (including phenoxy) is 1. The number of nitro groups is 1. The van der Waals surface area contributed by atoms with Crippen LogP contribution < -0.4 is 14.3 Å². The Hall–Kier alpha value is -3.04. The molecule has 0 fully saturated rings. The summed E-state index contributed by atoms with van der Waals surface area (Å²) < 4.78 is 37.5. The molecular weight excluding hydrogens is 657 g/mol. The highest BCUT2D eigenvalue weighted by atomic mass is 127. The fourth-order valence-corrected chi connectivity index (χ4v) is 4.91. The van der Waals surface area contributed by atoms with E-state index in [1.165, 1.54) is 18.3 Å². The van der Waals surface area contributed by atoms with Crippen molar-refractivity contribution in [2.24, 2.45) is 5.10 Å². The molecule has 0 atom stereocenters. The summed E-state index contributed by atoms with van der Waals surface area (Å²) in [5.74, 6) is -0.388. The van der Waals surface area contributed by atoms with Crippen molar-refractivity contribution in [1.82, 2.24) is 5.43 Å². The molecular formula is C22H17BrIN3O7S. The van der Waals surface area contributed by atoms with Gasteiger partial charge in [-0.1, -0.05) is 6.07 Å². The summed E-state index contributed by atoms with van der Waals surface area (Å²) >= 11 is 5.38. The van der Waals surface area contributed by atoms with Crippen LogP contribution in [-0.2, 0) is 10.1 Å². The quantitative estimate of drug-likeness (QED) is 0.112. The fourth-order valence-electron chi connectivity index (χ4n) is 2.76. The van der Waals surface area contributed by atoms with Crippen LogP contribution in [0.5, 0.6) is 11.5 Å². The molecule has 0 unspecified atom stereocenters. The van der Waals surface area contributed by atoms with Crippen molar-refractivity contribution in [3.8, 4) is 11.5 Å². The molecule has 3 rings (SSSR count). The zero-order chi connectivity index (χ0) is 25.6. The minimum absolute atomic E-state index is 0.106. The second-order valence-corrected chi connectivity index (χ2v) is 10.4. The molecule has 0 spiro atoms. The van der Waals surface area contributed by atoms with Crippen molar-refractivity contribution in [3.63, 3.8) is 0 Å². The molecule has 1 amide bonds. The van der Waals surface area contributed by atoms with Gasteiger partial charge in [0.15, 0.2) is 11.5 Å². The van der Waals surface area contributed by atoms with Gasteiger partial charge in [-0.15, -0.1) is 0 Å². The Balaban J connectivity index is 1.82. The van der Waals surface area contributed by atoms with Gasteiger partial charge in [0.05, 0.1) is 22.2 Å². The van der Waals surface area contributed by atoms with Gasteiger partial charge in [0.2, 0.25) is 0 Å². The maximum atomic E-state index is 12.7. The highest BCUT2D eigenvalue weighted by molar-refractivity contribution is 14.1. The average Bonchev–Trinajstić information content (AvgIpc) is 2.81. The standard InChI is InChI=1S/C22H17BrIN3O7S/c1-2-33-20-11-14(13-25-26-22(28)15-4-3-5-16(24)12-15)10-19(23)21(20)34-35(31,32)18-8-6-17(7-9-18)27(29)30/h3-13H,2H2,1H3,(H,26,28)/b25-13-. The van der Waals surface area contributed by atoms with Crippen molar-refractivity contribution >= 4 is 66.4 Å². The molecule has 0 saturated heterocycles. The van der Waals surface area contributed by atoms with Crippen LogP contribution in [0, 0.1) is 13.7 Å². The first-order chi connectivity index (χ1) is 16.6. The van der Waals surface area contributed by atoms with E-state index in [1.54, 1.807) is 25.1 Å². The molecule has 3 aromatic carbocycles. The van der Waals surface area contributed by atoms with Crippen LogP contribution in [0.1, 0.15) is 22.8 Å². The largest absolute Gasteiger partial charge is 0.490 e. The minimum atomic E-state index is -4.32. The number of halogens is 2. The van der Waals surface area contributed by atoms with Gasteiger partial charge in [-0.05, 0) is 93.5 Å². The lowest BCUT2D eigenvalue weighted by Gasteiger charge is -2.14. The average molecular weight is 674 g/mol. The van der Waals surface area contributed by atoms with Crippen LogP contribution in [-0.4, -0.2) is 32.1 Å². The van der Waals surface area contributed by atoms with Gasteiger partial charge in [0, 0.05) is 21.3 Å². The van der Waals surface area contributed by atoms with E-state index in [9.17, 15) is 23.3 Å². The van der Waals surface area contributed by atoms with E-state index < -0.39 is 20.9 Å². The Morgan fingerprint density at radius 1 is 1.20 bits per heavy atom. The summed E-state index contributed by atoms with van der Waals surface area (Å²) in [6.07, 6.45) is 1.37. The van der Waals surface area contributed by atoms with Crippen LogP contribution >= 0.6 is 38.5 Å². The molecule has 35 heavy (non-hydrogen) atoms. The highest BCUT2D eigenvalue weighted by Gasteiger charge is 2.23. The number of rotatable bonds is 9. The molecule has 0 aliphatic carbocycles. The third-order valence-corrected chi connectivity index (χ3v) is 6.82. The number of nitrogens with one attached hydrogen (secondary N) is 1. The van der Waals surface area contributed by atoms with Crippen LogP contribution in [0.4, 0.5) is 5.69 Å². The van der Waals surface area contributed by atoms with E-state index in [4.69, 9.17) is 8.92 Å². The molecule has 0 saturated carbocycles. The van der Waals surface area contributed by atoms with Gasteiger partial charge in [0.25, 0.3) is 11.6 Å². The Labute approximate surface area is 222 Å². The number of nitro benzene ring substituents is 1. The first-order valence-corrected chi connectivity index (χ1v) is 13.1. The Kier molecular flexibility index (Phi) is 8.80. The number of carbonyl (C=O) groups is 1. The maximum absolute atomic E-state index is 12.7. The Bertz CT molecular complexity index is 1400. The molecule has 10 nitrogen and oxygen atoms in total. The lowest BCUT2D eigenvalue weighted by molar-refractivity contribution is -0.384. The van der Waals surface area contributed by atoms with Crippen LogP contribution in [0.25, 0.3) is 0 Å².